The Kier molecular flexibility index (Phi) is 8.24. The second kappa shape index (κ2) is 10.5. The average Bonchev–Trinajstić information content (AvgIpc) is 2.71. The minimum absolute atomic E-state index is 0.147. The SMILES string of the molecule is COc1cc(C(C)NC(=O)N2CCCC(NC(=O)OC(C)(C)C)C2)cc(OC)c1OC. The van der Waals surface area contributed by atoms with Crippen LogP contribution in [0.1, 0.15) is 52.1 Å². The van der Waals surface area contributed by atoms with Crippen molar-refractivity contribution in [3.05, 3.63) is 17.7 Å². The summed E-state index contributed by atoms with van der Waals surface area (Å²) in [4.78, 5) is 26.6. The summed E-state index contributed by atoms with van der Waals surface area (Å²) in [6.45, 7) is 8.39. The lowest BCUT2D eigenvalue weighted by Gasteiger charge is -2.34. The van der Waals surface area contributed by atoms with Crippen LogP contribution >= 0.6 is 0 Å². The van der Waals surface area contributed by atoms with Crippen molar-refractivity contribution >= 4 is 12.1 Å². The first-order chi connectivity index (χ1) is 14.6. The molecule has 0 saturated carbocycles. The Morgan fingerprint density at radius 2 is 1.71 bits per heavy atom. The van der Waals surface area contributed by atoms with Gasteiger partial charge in [-0.15, -0.1) is 0 Å². The number of urea groups is 1. The van der Waals surface area contributed by atoms with Crippen LogP contribution in [0.25, 0.3) is 0 Å². The summed E-state index contributed by atoms with van der Waals surface area (Å²) in [5, 5.41) is 5.87. The molecule has 0 spiro atoms. The molecule has 1 aliphatic rings. The highest BCUT2D eigenvalue weighted by molar-refractivity contribution is 5.75. The van der Waals surface area contributed by atoms with Crippen molar-refractivity contribution in [3.8, 4) is 17.2 Å². The van der Waals surface area contributed by atoms with E-state index in [-0.39, 0.29) is 18.1 Å². The Hall–Kier alpha value is -2.84. The van der Waals surface area contributed by atoms with Gasteiger partial charge in [-0.25, -0.2) is 9.59 Å². The summed E-state index contributed by atoms with van der Waals surface area (Å²) < 4.78 is 21.5. The molecule has 1 heterocycles. The molecule has 1 aliphatic heterocycles. The van der Waals surface area contributed by atoms with E-state index in [9.17, 15) is 9.59 Å². The molecule has 3 amide bonds. The van der Waals surface area contributed by atoms with Crippen molar-refractivity contribution in [2.45, 2.75) is 58.2 Å². The highest BCUT2D eigenvalue weighted by Gasteiger charge is 2.27. The van der Waals surface area contributed by atoms with Gasteiger partial charge in [0, 0.05) is 19.1 Å². The van der Waals surface area contributed by atoms with Crippen LogP contribution < -0.4 is 24.8 Å². The van der Waals surface area contributed by atoms with Crippen molar-refractivity contribution in [2.24, 2.45) is 0 Å². The topological polar surface area (TPSA) is 98.4 Å². The Balaban J connectivity index is 2.01. The van der Waals surface area contributed by atoms with Crippen molar-refractivity contribution in [1.29, 1.82) is 0 Å². The van der Waals surface area contributed by atoms with E-state index in [2.05, 4.69) is 10.6 Å². The number of benzene rings is 1. The standard InChI is InChI=1S/C22H35N3O6/c1-14(15-11-17(28-5)19(30-7)18(12-15)29-6)23-20(26)25-10-8-9-16(13-25)24-21(27)31-22(2,3)4/h11-12,14,16H,8-10,13H2,1-7H3,(H,23,26)(H,24,27). The van der Waals surface area contributed by atoms with Crippen LogP contribution in [0.2, 0.25) is 0 Å². The number of carbonyl (C=O) groups excluding carboxylic acids is 2. The van der Waals surface area contributed by atoms with Gasteiger partial charge in [-0.3, -0.25) is 0 Å². The predicted molar refractivity (Wildman–Crippen MR) is 117 cm³/mol. The molecule has 2 unspecified atom stereocenters. The molecule has 9 nitrogen and oxygen atoms in total. The molecule has 2 rings (SSSR count). The van der Waals surface area contributed by atoms with Crippen LogP contribution in [-0.2, 0) is 4.74 Å². The number of amides is 3. The van der Waals surface area contributed by atoms with E-state index in [1.807, 2.05) is 39.8 Å². The quantitative estimate of drug-likeness (QED) is 0.707. The first-order valence-electron chi connectivity index (χ1n) is 10.4. The highest BCUT2D eigenvalue weighted by atomic mass is 16.6. The van der Waals surface area contributed by atoms with E-state index in [0.717, 1.165) is 18.4 Å². The van der Waals surface area contributed by atoms with Gasteiger partial charge in [0.25, 0.3) is 0 Å². The summed E-state index contributed by atoms with van der Waals surface area (Å²) in [6, 6.07) is 2.99. The van der Waals surface area contributed by atoms with E-state index < -0.39 is 11.7 Å². The molecule has 31 heavy (non-hydrogen) atoms. The zero-order chi connectivity index (χ0) is 23.2. The van der Waals surface area contributed by atoms with Crippen LogP contribution in [0.15, 0.2) is 12.1 Å². The third kappa shape index (κ3) is 6.83. The summed E-state index contributed by atoms with van der Waals surface area (Å²) in [5.74, 6) is 1.55. The van der Waals surface area contributed by atoms with Crippen LogP contribution in [-0.4, -0.2) is 63.1 Å². The fourth-order valence-electron chi connectivity index (χ4n) is 3.46. The van der Waals surface area contributed by atoms with Gasteiger partial charge in [-0.05, 0) is 58.2 Å². The zero-order valence-corrected chi connectivity index (χ0v) is 19.5. The zero-order valence-electron chi connectivity index (χ0n) is 19.5. The number of piperidine rings is 1. The molecule has 2 N–H and O–H groups in total. The minimum Gasteiger partial charge on any atom is -0.493 e. The Morgan fingerprint density at radius 3 is 2.23 bits per heavy atom. The largest absolute Gasteiger partial charge is 0.493 e. The lowest BCUT2D eigenvalue weighted by Crippen LogP contribution is -2.53. The number of rotatable bonds is 6. The summed E-state index contributed by atoms with van der Waals surface area (Å²) >= 11 is 0. The number of ether oxygens (including phenoxy) is 4. The molecule has 1 aromatic rings. The van der Waals surface area contributed by atoms with Gasteiger partial charge < -0.3 is 34.5 Å². The number of methoxy groups -OCH3 is 3. The maximum atomic E-state index is 12.9. The van der Waals surface area contributed by atoms with E-state index in [4.69, 9.17) is 18.9 Å². The van der Waals surface area contributed by atoms with E-state index in [1.165, 1.54) is 0 Å². The first-order valence-corrected chi connectivity index (χ1v) is 10.4. The van der Waals surface area contributed by atoms with E-state index >= 15 is 0 Å². The molecule has 0 radical (unpaired) electrons. The molecule has 2 atom stereocenters. The maximum Gasteiger partial charge on any atom is 0.407 e. The molecule has 174 valence electrons. The molecular formula is C22H35N3O6. The number of likely N-dealkylation sites (tertiary alicyclic amines) is 1. The van der Waals surface area contributed by atoms with Gasteiger partial charge in [-0.1, -0.05) is 0 Å². The van der Waals surface area contributed by atoms with E-state index in [1.54, 1.807) is 26.2 Å². The molecule has 9 heteroatoms. The van der Waals surface area contributed by atoms with Crippen LogP contribution in [0.3, 0.4) is 0 Å². The average molecular weight is 438 g/mol. The van der Waals surface area contributed by atoms with Gasteiger partial charge in [0.15, 0.2) is 11.5 Å². The highest BCUT2D eigenvalue weighted by Crippen LogP contribution is 2.39. The number of hydrogen-bond acceptors (Lipinski definition) is 6. The molecule has 0 aliphatic carbocycles. The normalized spacial score (nSPS) is 17.4. The molecule has 0 bridgehead atoms. The second-order valence-corrected chi connectivity index (χ2v) is 8.56. The van der Waals surface area contributed by atoms with Gasteiger partial charge in [-0.2, -0.15) is 0 Å². The third-order valence-electron chi connectivity index (χ3n) is 4.96. The Bertz CT molecular complexity index is 752. The van der Waals surface area contributed by atoms with Crippen LogP contribution in [0, 0.1) is 0 Å². The monoisotopic (exact) mass is 437 g/mol. The van der Waals surface area contributed by atoms with E-state index in [0.29, 0.717) is 30.3 Å². The smallest absolute Gasteiger partial charge is 0.407 e. The fraction of sp³-hybridized carbons (Fsp3) is 0.636. The molecule has 1 saturated heterocycles. The van der Waals surface area contributed by atoms with Gasteiger partial charge in [0.1, 0.15) is 5.60 Å². The molecular weight excluding hydrogens is 402 g/mol. The maximum absolute atomic E-state index is 12.9. The minimum atomic E-state index is -0.564. The molecule has 0 aromatic heterocycles. The first kappa shape index (κ1) is 24.4. The van der Waals surface area contributed by atoms with Gasteiger partial charge in [0.05, 0.1) is 27.4 Å². The number of nitrogens with one attached hydrogen (secondary N) is 2. The molecule has 1 fully saturated rings. The number of carbonyl (C=O) groups is 2. The fourth-order valence-corrected chi connectivity index (χ4v) is 3.46. The number of alkyl carbamates (subject to hydrolysis) is 1. The van der Waals surface area contributed by atoms with Gasteiger partial charge in [0.2, 0.25) is 5.75 Å². The van der Waals surface area contributed by atoms with Crippen molar-refractivity contribution in [1.82, 2.24) is 15.5 Å². The predicted octanol–water partition coefficient (Wildman–Crippen LogP) is 3.47. The lowest BCUT2D eigenvalue weighted by atomic mass is 10.1. The Labute approximate surface area is 184 Å². The number of nitrogens with zero attached hydrogens (tertiary/aromatic N) is 1. The summed E-state index contributed by atoms with van der Waals surface area (Å²) in [7, 11) is 4.65. The van der Waals surface area contributed by atoms with Crippen LogP contribution in [0.4, 0.5) is 9.59 Å². The Morgan fingerprint density at radius 1 is 1.10 bits per heavy atom. The van der Waals surface area contributed by atoms with Crippen molar-refractivity contribution in [2.75, 3.05) is 34.4 Å². The lowest BCUT2D eigenvalue weighted by molar-refractivity contribution is 0.0479. The van der Waals surface area contributed by atoms with Gasteiger partial charge >= 0.3 is 12.1 Å². The summed E-state index contributed by atoms with van der Waals surface area (Å²) in [5.41, 5.74) is 0.259. The second-order valence-electron chi connectivity index (χ2n) is 8.56. The van der Waals surface area contributed by atoms with Crippen LogP contribution in [0.5, 0.6) is 17.2 Å². The summed E-state index contributed by atoms with van der Waals surface area (Å²) in [6.07, 6.45) is 1.13. The molecule has 1 aromatic carbocycles. The van der Waals surface area contributed by atoms with Crippen molar-refractivity contribution < 1.29 is 28.5 Å². The number of hydrogen-bond donors (Lipinski definition) is 2. The van der Waals surface area contributed by atoms with Crippen molar-refractivity contribution in [3.63, 3.8) is 0 Å². The third-order valence-corrected chi connectivity index (χ3v) is 4.96.